The van der Waals surface area contributed by atoms with Gasteiger partial charge in [0.2, 0.25) is 23.7 Å². The van der Waals surface area contributed by atoms with Crippen LogP contribution in [0.2, 0.25) is 0 Å². The average molecular weight is 1130 g/mol. The van der Waals surface area contributed by atoms with Crippen molar-refractivity contribution in [3.63, 3.8) is 0 Å². The number of halogens is 2. The summed E-state index contributed by atoms with van der Waals surface area (Å²) in [5, 5.41) is 13.9. The van der Waals surface area contributed by atoms with E-state index in [0.29, 0.717) is 66.5 Å². The largest absolute Gasteiger partial charge is 0.494 e. The van der Waals surface area contributed by atoms with Crippen molar-refractivity contribution >= 4 is 62.0 Å². The Bertz CT molecular complexity index is 3460. The van der Waals surface area contributed by atoms with Crippen LogP contribution in [-0.4, -0.2) is 113 Å². The molecule has 8 rings (SSSR count). The first-order valence-corrected chi connectivity index (χ1v) is 28.6. The van der Waals surface area contributed by atoms with Crippen molar-refractivity contribution in [2.75, 3.05) is 54.5 Å². The van der Waals surface area contributed by atoms with Crippen LogP contribution < -0.4 is 9.47 Å². The maximum Gasteiger partial charge on any atom is 0.410 e. The third-order valence-corrected chi connectivity index (χ3v) is 14.1. The summed E-state index contributed by atoms with van der Waals surface area (Å²) in [6, 6.07) is 47.8. The molecule has 13 nitrogen and oxygen atoms in total. The molecule has 83 heavy (non-hydrogen) atoms. The van der Waals surface area contributed by atoms with Gasteiger partial charge in [0.15, 0.2) is 0 Å². The zero-order valence-electron chi connectivity index (χ0n) is 49.5. The van der Waals surface area contributed by atoms with Gasteiger partial charge in [-0.05, 0) is 157 Å². The van der Waals surface area contributed by atoms with E-state index >= 15 is 0 Å². The normalized spacial score (nSPS) is 12.0. The van der Waals surface area contributed by atoms with Gasteiger partial charge in [-0.1, -0.05) is 124 Å². The lowest BCUT2D eigenvalue weighted by molar-refractivity contribution is -0.129. The van der Waals surface area contributed by atoms with Gasteiger partial charge in [0.1, 0.15) is 23.7 Å². The maximum atomic E-state index is 14.5. The number of ether oxygens (including phenoxy) is 3. The molecule has 0 spiro atoms. The number of H-pyrrole nitrogens is 2. The van der Waals surface area contributed by atoms with Gasteiger partial charge in [-0.2, -0.15) is 19.0 Å². The molecule has 0 aliphatic rings. The van der Waals surface area contributed by atoms with E-state index in [-0.39, 0.29) is 18.4 Å². The number of rotatable bonds is 24. The molecule has 0 fully saturated rings. The molecule has 0 bridgehead atoms. The zero-order chi connectivity index (χ0) is 59.5. The molecule has 0 aliphatic heterocycles. The van der Waals surface area contributed by atoms with Gasteiger partial charge < -0.3 is 28.9 Å². The second-order valence-corrected chi connectivity index (χ2v) is 21.7. The monoisotopic (exact) mass is 1130 g/mol. The lowest BCUT2D eigenvalue weighted by Crippen LogP contribution is -2.40. The predicted octanol–water partition coefficient (Wildman–Crippen LogP) is 15.0. The molecule has 2 N–H and O–H groups in total. The SMILES string of the molecule is CC/C(=C(/c1ccc(OCCCCCCC(=O)N(C)C)cc1)c1ccc2n[nH]c(F)c2c1)c1ccccc1.CC/C(=C(/c1ccc(OCCN(CCCC(=O)N(C)C)C(=O)OC(C)(C)C)cc1)c1ccc2n[nH]c(F)c2c1)c1ccccc1. The number of benzene rings is 6. The fourth-order valence-corrected chi connectivity index (χ4v) is 9.75. The minimum absolute atomic E-state index is 0.0113. The second-order valence-electron chi connectivity index (χ2n) is 21.7. The summed E-state index contributed by atoms with van der Waals surface area (Å²) in [6.45, 7) is 11.3. The van der Waals surface area contributed by atoms with Gasteiger partial charge in [-0.3, -0.25) is 19.8 Å². The Morgan fingerprint density at radius 3 is 1.35 bits per heavy atom. The maximum absolute atomic E-state index is 14.5. The number of carbonyl (C=O) groups excluding carboxylic acids is 3. The molecule has 436 valence electrons. The quantitative estimate of drug-likeness (QED) is 0.0449. The van der Waals surface area contributed by atoms with Crippen LogP contribution in [0.3, 0.4) is 0 Å². The Balaban J connectivity index is 0.000000242. The van der Waals surface area contributed by atoms with Crippen molar-refractivity contribution in [3.8, 4) is 11.5 Å². The summed E-state index contributed by atoms with van der Waals surface area (Å²) in [6.07, 6.45) is 6.55. The third kappa shape index (κ3) is 17.5. The zero-order valence-corrected chi connectivity index (χ0v) is 49.5. The lowest BCUT2D eigenvalue weighted by Gasteiger charge is -2.27. The Hall–Kier alpha value is -8.59. The van der Waals surface area contributed by atoms with E-state index in [1.54, 1.807) is 42.9 Å². The van der Waals surface area contributed by atoms with E-state index in [9.17, 15) is 23.2 Å². The summed E-state index contributed by atoms with van der Waals surface area (Å²) in [5.41, 5.74) is 11.0. The topological polar surface area (TPSA) is 146 Å². The van der Waals surface area contributed by atoms with E-state index in [4.69, 9.17) is 14.2 Å². The molecule has 0 atom stereocenters. The first-order chi connectivity index (χ1) is 39.9. The Kier molecular flexibility index (Phi) is 22.4. The molecular weight excluding hydrogens is 1050 g/mol. The van der Waals surface area contributed by atoms with Crippen LogP contribution in [0, 0.1) is 11.9 Å². The number of carbonyl (C=O) groups is 3. The highest BCUT2D eigenvalue weighted by Gasteiger charge is 2.23. The molecule has 15 heteroatoms. The number of hydrogen-bond donors (Lipinski definition) is 2. The minimum atomic E-state index is -0.637. The van der Waals surface area contributed by atoms with Crippen molar-refractivity contribution in [1.82, 2.24) is 35.1 Å². The van der Waals surface area contributed by atoms with E-state index in [1.165, 1.54) is 5.57 Å². The minimum Gasteiger partial charge on any atom is -0.494 e. The van der Waals surface area contributed by atoms with Gasteiger partial charge >= 0.3 is 6.09 Å². The molecule has 8 aromatic rings. The fourth-order valence-electron chi connectivity index (χ4n) is 9.75. The molecule has 0 unspecified atom stereocenters. The average Bonchev–Trinajstić information content (AvgIpc) is 4.07. The lowest BCUT2D eigenvalue weighted by atomic mass is 9.88. The summed E-state index contributed by atoms with van der Waals surface area (Å²) in [4.78, 5) is 41.3. The van der Waals surface area contributed by atoms with Crippen LogP contribution in [0.5, 0.6) is 11.5 Å². The molecule has 2 heterocycles. The summed E-state index contributed by atoms with van der Waals surface area (Å²) < 4.78 is 46.5. The van der Waals surface area contributed by atoms with Crippen LogP contribution in [0.4, 0.5) is 13.6 Å². The van der Waals surface area contributed by atoms with Crippen LogP contribution >= 0.6 is 0 Å². The van der Waals surface area contributed by atoms with Crippen LogP contribution in [0.15, 0.2) is 146 Å². The molecule has 0 aliphatic carbocycles. The molecule has 2 aromatic heterocycles. The van der Waals surface area contributed by atoms with Crippen molar-refractivity contribution in [3.05, 3.63) is 191 Å². The number of amides is 3. The third-order valence-electron chi connectivity index (χ3n) is 14.1. The molecule has 3 amide bonds. The van der Waals surface area contributed by atoms with Gasteiger partial charge in [0.25, 0.3) is 0 Å². The van der Waals surface area contributed by atoms with Gasteiger partial charge in [-0.25, -0.2) is 4.79 Å². The smallest absolute Gasteiger partial charge is 0.410 e. The predicted molar refractivity (Wildman–Crippen MR) is 329 cm³/mol. The number of nitrogens with zero attached hydrogens (tertiary/aromatic N) is 5. The van der Waals surface area contributed by atoms with E-state index in [1.807, 2.05) is 130 Å². The van der Waals surface area contributed by atoms with Crippen molar-refractivity contribution < 1.29 is 37.4 Å². The van der Waals surface area contributed by atoms with E-state index in [0.717, 1.165) is 94.4 Å². The van der Waals surface area contributed by atoms with Crippen molar-refractivity contribution in [2.45, 2.75) is 98.0 Å². The standard InChI is InChI=1S/C36H43FN4O4.C32H36FN3O2/c1-7-29(25-12-9-8-10-13-25)33(27-17-20-31-30(24-27)34(37)39-38-31)26-15-18-28(19-16-26)44-23-22-41(35(43)45-36(2,3)4)21-11-14-32(42)40(5)6;1-4-27(23-12-8-7-9-13-23)31(25-17-20-29-28(22-25)32(33)35-34-29)24-15-18-26(19-16-24)38-21-11-6-5-10-14-30(37)36(2)3/h8-10,12-13,15-20,24H,7,11,14,21-23H2,1-6H3,(H,38,39);7-9,12-13,15-20,22H,4-6,10-11,14,21H2,1-3H3,(H,34,35)/b33-29+;31-27+. The number of aromatic amines is 2. The number of allylic oxidation sites excluding steroid dienone is 2. The van der Waals surface area contributed by atoms with Gasteiger partial charge in [-0.15, -0.1) is 0 Å². The summed E-state index contributed by atoms with van der Waals surface area (Å²) in [5.74, 6) is 0.786. The Labute approximate surface area is 487 Å². The molecule has 0 saturated carbocycles. The molecule has 6 aromatic carbocycles. The number of aromatic nitrogens is 4. The molecule has 0 radical (unpaired) electrons. The highest BCUT2D eigenvalue weighted by atomic mass is 19.1. The number of hydrogen-bond acceptors (Lipinski definition) is 8. The highest BCUT2D eigenvalue weighted by molar-refractivity contribution is 6.02. The van der Waals surface area contributed by atoms with Crippen LogP contribution in [0.25, 0.3) is 44.1 Å². The summed E-state index contributed by atoms with van der Waals surface area (Å²) in [7, 11) is 7.02. The highest BCUT2D eigenvalue weighted by Crippen LogP contribution is 2.38. The van der Waals surface area contributed by atoms with Gasteiger partial charge in [0, 0.05) is 47.6 Å². The van der Waals surface area contributed by atoms with E-state index in [2.05, 4.69) is 70.6 Å². The summed E-state index contributed by atoms with van der Waals surface area (Å²) >= 11 is 0. The first kappa shape index (κ1) is 62.0. The van der Waals surface area contributed by atoms with Crippen molar-refractivity contribution in [1.29, 1.82) is 0 Å². The second kappa shape index (κ2) is 29.9. The van der Waals surface area contributed by atoms with Crippen LogP contribution in [-0.2, 0) is 14.3 Å². The van der Waals surface area contributed by atoms with E-state index < -0.39 is 23.6 Å². The Morgan fingerprint density at radius 2 is 0.916 bits per heavy atom. The van der Waals surface area contributed by atoms with Crippen molar-refractivity contribution in [2.24, 2.45) is 0 Å². The van der Waals surface area contributed by atoms with Gasteiger partial charge in [0.05, 0.1) is 35.0 Å². The number of fused-ring (bicyclic) bond motifs is 2. The fraction of sp³-hybridized carbons (Fsp3) is 0.338. The number of nitrogens with one attached hydrogen (secondary N) is 2. The number of unbranched alkanes of at least 4 members (excludes halogenated alkanes) is 3. The first-order valence-electron chi connectivity index (χ1n) is 28.6. The molecule has 0 saturated heterocycles. The van der Waals surface area contributed by atoms with Crippen LogP contribution in [0.1, 0.15) is 126 Å². The Morgan fingerprint density at radius 1 is 0.494 bits per heavy atom. The molecular formula is C68H79F2N7O6.